The van der Waals surface area contributed by atoms with Crippen molar-refractivity contribution < 1.29 is 19.4 Å². The third-order valence-electron chi connectivity index (χ3n) is 7.18. The van der Waals surface area contributed by atoms with Crippen molar-refractivity contribution >= 4 is 17.6 Å². The van der Waals surface area contributed by atoms with Crippen molar-refractivity contribution in [1.29, 1.82) is 0 Å². The molecule has 32 heavy (non-hydrogen) atoms. The molecule has 4 bridgehead atoms. The molecule has 4 fully saturated rings. The summed E-state index contributed by atoms with van der Waals surface area (Å²) < 4.78 is 5.45. The molecule has 2 atom stereocenters. The van der Waals surface area contributed by atoms with Gasteiger partial charge in [0.05, 0.1) is 16.7 Å². The molecule has 4 aliphatic rings. The van der Waals surface area contributed by atoms with Gasteiger partial charge >= 0.3 is 5.97 Å². The lowest BCUT2D eigenvalue weighted by Gasteiger charge is -2.58. The first kappa shape index (κ1) is 20.9. The third kappa shape index (κ3) is 4.07. The van der Waals surface area contributed by atoms with E-state index in [1.54, 1.807) is 0 Å². The Morgan fingerprint density at radius 2 is 1.50 bits per heavy atom. The summed E-state index contributed by atoms with van der Waals surface area (Å²) in [6, 6.07) is 19.2. The molecule has 0 saturated heterocycles. The Hall–Kier alpha value is -2.99. The standard InChI is InChI=1S/C26H28N2O4/c29-22(27-28-23(20-7-3-1-4-8-20)21-9-5-2-6-10-21)16-32-24(30)25-12-18-11-19(13-25)15-26(31,14-18)17-25/h1-10,18-19,31H,11-17H2,(H,27,29). The van der Waals surface area contributed by atoms with Crippen LogP contribution in [-0.4, -0.2) is 34.9 Å². The van der Waals surface area contributed by atoms with Crippen LogP contribution in [0.15, 0.2) is 65.8 Å². The van der Waals surface area contributed by atoms with E-state index in [-0.39, 0.29) is 12.6 Å². The summed E-state index contributed by atoms with van der Waals surface area (Å²) in [5.74, 6) is -0.0697. The first-order chi connectivity index (χ1) is 15.4. The highest BCUT2D eigenvalue weighted by molar-refractivity contribution is 6.13. The minimum Gasteiger partial charge on any atom is -0.455 e. The van der Waals surface area contributed by atoms with Crippen molar-refractivity contribution in [3.63, 3.8) is 0 Å². The molecule has 0 aromatic heterocycles. The van der Waals surface area contributed by atoms with E-state index < -0.39 is 16.9 Å². The van der Waals surface area contributed by atoms with Crippen LogP contribution in [0.2, 0.25) is 0 Å². The van der Waals surface area contributed by atoms with Crippen molar-refractivity contribution in [2.24, 2.45) is 22.4 Å². The SMILES string of the molecule is O=C(COC(=O)C12CC3CC(CC(O)(C3)C1)C2)NN=C(c1ccccc1)c1ccccc1. The van der Waals surface area contributed by atoms with Crippen LogP contribution in [-0.2, 0) is 14.3 Å². The van der Waals surface area contributed by atoms with Gasteiger partial charge in [0.15, 0.2) is 6.61 Å². The van der Waals surface area contributed by atoms with Crippen LogP contribution in [0.5, 0.6) is 0 Å². The zero-order chi connectivity index (χ0) is 22.2. The molecular weight excluding hydrogens is 404 g/mol. The van der Waals surface area contributed by atoms with Gasteiger partial charge in [-0.1, -0.05) is 60.7 Å². The fraction of sp³-hybridized carbons (Fsp3) is 0.423. The lowest BCUT2D eigenvalue weighted by molar-refractivity contribution is -0.196. The van der Waals surface area contributed by atoms with Gasteiger partial charge in [0.2, 0.25) is 0 Å². The second-order valence-electron chi connectivity index (χ2n) is 9.77. The Kier molecular flexibility index (Phi) is 5.33. The summed E-state index contributed by atoms with van der Waals surface area (Å²) in [5, 5.41) is 15.2. The van der Waals surface area contributed by atoms with Crippen LogP contribution in [0.25, 0.3) is 0 Å². The summed E-state index contributed by atoms with van der Waals surface area (Å²) in [5.41, 5.74) is 3.54. The number of carbonyl (C=O) groups is 2. The Labute approximate surface area is 187 Å². The van der Waals surface area contributed by atoms with E-state index in [1.165, 1.54) is 0 Å². The van der Waals surface area contributed by atoms with Crippen LogP contribution in [0, 0.1) is 17.3 Å². The van der Waals surface area contributed by atoms with E-state index in [1.807, 2.05) is 60.7 Å². The van der Waals surface area contributed by atoms with E-state index >= 15 is 0 Å². The summed E-state index contributed by atoms with van der Waals surface area (Å²) in [6.07, 6.45) is 4.64. The normalized spacial score (nSPS) is 29.9. The van der Waals surface area contributed by atoms with Gasteiger partial charge < -0.3 is 9.84 Å². The molecule has 2 aromatic carbocycles. The number of nitrogens with one attached hydrogen (secondary N) is 1. The van der Waals surface area contributed by atoms with Gasteiger partial charge in [-0.3, -0.25) is 9.59 Å². The quantitative estimate of drug-likeness (QED) is 0.416. The number of ether oxygens (including phenoxy) is 1. The summed E-state index contributed by atoms with van der Waals surface area (Å²) in [7, 11) is 0. The first-order valence-electron chi connectivity index (χ1n) is 11.3. The lowest BCUT2D eigenvalue weighted by atomic mass is 9.48. The Balaban J connectivity index is 1.24. The minimum absolute atomic E-state index is 0.351. The molecule has 1 amide bonds. The van der Waals surface area contributed by atoms with Gasteiger partial charge in [-0.25, -0.2) is 5.43 Å². The molecule has 166 valence electrons. The number of esters is 1. The van der Waals surface area contributed by atoms with Gasteiger partial charge in [0, 0.05) is 11.1 Å². The van der Waals surface area contributed by atoms with E-state index in [4.69, 9.17) is 4.74 Å². The van der Waals surface area contributed by atoms with Crippen molar-refractivity contribution in [2.45, 2.75) is 44.1 Å². The molecule has 6 heteroatoms. The van der Waals surface area contributed by atoms with E-state index in [0.717, 1.165) is 43.2 Å². The van der Waals surface area contributed by atoms with Crippen LogP contribution >= 0.6 is 0 Å². The predicted octanol–water partition coefficient (Wildman–Crippen LogP) is 3.43. The first-order valence-corrected chi connectivity index (χ1v) is 11.3. The number of nitrogens with zero attached hydrogens (tertiary/aromatic N) is 1. The number of carbonyl (C=O) groups excluding carboxylic acids is 2. The molecule has 0 spiro atoms. The molecule has 0 heterocycles. The topological polar surface area (TPSA) is 88.0 Å². The lowest BCUT2D eigenvalue weighted by Crippen LogP contribution is -2.58. The molecule has 6 nitrogen and oxygen atoms in total. The second kappa shape index (κ2) is 8.17. The number of hydrazone groups is 1. The van der Waals surface area contributed by atoms with Gasteiger partial charge in [0.25, 0.3) is 5.91 Å². The largest absolute Gasteiger partial charge is 0.455 e. The molecule has 4 saturated carbocycles. The highest BCUT2D eigenvalue weighted by Gasteiger charge is 2.60. The number of hydrogen-bond acceptors (Lipinski definition) is 5. The van der Waals surface area contributed by atoms with Crippen LogP contribution < -0.4 is 5.43 Å². The fourth-order valence-electron chi connectivity index (χ4n) is 6.38. The summed E-state index contributed by atoms with van der Waals surface area (Å²) in [6.45, 7) is -0.380. The minimum atomic E-state index is -0.740. The molecule has 0 aliphatic heterocycles. The van der Waals surface area contributed by atoms with Crippen molar-refractivity contribution in [3.8, 4) is 0 Å². The number of amides is 1. The molecule has 6 rings (SSSR count). The zero-order valence-electron chi connectivity index (χ0n) is 18.0. The highest BCUT2D eigenvalue weighted by atomic mass is 16.5. The second-order valence-corrected chi connectivity index (χ2v) is 9.77. The van der Waals surface area contributed by atoms with Gasteiger partial charge in [-0.2, -0.15) is 5.10 Å². The van der Waals surface area contributed by atoms with E-state index in [9.17, 15) is 14.7 Å². The average Bonchev–Trinajstić information content (AvgIpc) is 2.77. The summed E-state index contributed by atoms with van der Waals surface area (Å²) in [4.78, 5) is 25.4. The Morgan fingerprint density at radius 3 is 2.03 bits per heavy atom. The van der Waals surface area contributed by atoms with Gasteiger partial charge in [-0.05, 0) is 50.4 Å². The van der Waals surface area contributed by atoms with Crippen molar-refractivity contribution in [3.05, 3.63) is 71.8 Å². The average molecular weight is 433 g/mol. The van der Waals surface area contributed by atoms with Crippen LogP contribution in [0.4, 0.5) is 0 Å². The van der Waals surface area contributed by atoms with Crippen molar-refractivity contribution in [2.75, 3.05) is 6.61 Å². The third-order valence-corrected chi connectivity index (χ3v) is 7.18. The molecule has 2 unspecified atom stereocenters. The predicted molar refractivity (Wildman–Crippen MR) is 120 cm³/mol. The Morgan fingerprint density at radius 1 is 0.938 bits per heavy atom. The van der Waals surface area contributed by atoms with E-state index in [2.05, 4.69) is 10.5 Å². The number of rotatable bonds is 6. The van der Waals surface area contributed by atoms with Gasteiger partial charge in [-0.15, -0.1) is 0 Å². The molecular formula is C26H28N2O4. The maximum absolute atomic E-state index is 13.0. The maximum atomic E-state index is 13.0. The fourth-order valence-corrected chi connectivity index (χ4v) is 6.38. The van der Waals surface area contributed by atoms with Crippen LogP contribution in [0.1, 0.15) is 49.7 Å². The number of benzene rings is 2. The molecule has 4 aliphatic carbocycles. The number of hydrogen-bond donors (Lipinski definition) is 2. The van der Waals surface area contributed by atoms with Gasteiger partial charge in [0.1, 0.15) is 0 Å². The number of aliphatic hydroxyl groups is 1. The van der Waals surface area contributed by atoms with Crippen LogP contribution in [0.3, 0.4) is 0 Å². The molecule has 2 N–H and O–H groups in total. The molecule has 0 radical (unpaired) electrons. The highest BCUT2D eigenvalue weighted by Crippen LogP contribution is 2.61. The maximum Gasteiger partial charge on any atom is 0.312 e. The summed E-state index contributed by atoms with van der Waals surface area (Å²) >= 11 is 0. The van der Waals surface area contributed by atoms with E-state index in [0.29, 0.717) is 24.0 Å². The smallest absolute Gasteiger partial charge is 0.312 e. The molecule has 2 aromatic rings. The zero-order valence-corrected chi connectivity index (χ0v) is 18.0. The Bertz CT molecular complexity index is 979. The van der Waals surface area contributed by atoms with Crippen molar-refractivity contribution in [1.82, 2.24) is 5.43 Å². The monoisotopic (exact) mass is 432 g/mol.